The molecule has 0 aromatic rings. The van der Waals surface area contributed by atoms with Crippen LogP contribution in [0.2, 0.25) is 0 Å². The van der Waals surface area contributed by atoms with E-state index in [0.717, 1.165) is 6.42 Å². The molecule has 0 radical (unpaired) electrons. The van der Waals surface area contributed by atoms with Gasteiger partial charge in [-0.05, 0) is 20.3 Å². The van der Waals surface area contributed by atoms with Crippen molar-refractivity contribution in [2.75, 3.05) is 13.1 Å². The highest BCUT2D eigenvalue weighted by Gasteiger charge is 2.29. The molecule has 14 heavy (non-hydrogen) atoms. The highest BCUT2D eigenvalue weighted by atomic mass is 127. The molecule has 0 aromatic carbocycles. The molecule has 5 heteroatoms. The molecule has 3 atom stereocenters. The molecule has 1 aliphatic rings. The van der Waals surface area contributed by atoms with Crippen LogP contribution < -0.4 is 0 Å². The summed E-state index contributed by atoms with van der Waals surface area (Å²) in [6.07, 6.45) is 0.0987. The van der Waals surface area contributed by atoms with Gasteiger partial charge in [0, 0.05) is 13.1 Å². The van der Waals surface area contributed by atoms with Crippen LogP contribution in [-0.4, -0.2) is 45.3 Å². The summed E-state index contributed by atoms with van der Waals surface area (Å²) in [5.41, 5.74) is 0. The lowest BCUT2D eigenvalue weighted by Gasteiger charge is -2.18. The normalized spacial score (nSPS) is 26.3. The maximum atomic E-state index is 11.4. The highest BCUT2D eigenvalue weighted by molar-refractivity contribution is 14.1. The Morgan fingerprint density at radius 3 is 2.79 bits per heavy atom. The number of ether oxygens (including phenoxy) is 1. The third-order valence-electron chi connectivity index (χ3n) is 2.19. The van der Waals surface area contributed by atoms with Gasteiger partial charge in [-0.1, -0.05) is 22.6 Å². The first-order chi connectivity index (χ1) is 6.50. The van der Waals surface area contributed by atoms with Crippen LogP contribution in [0.25, 0.3) is 0 Å². The summed E-state index contributed by atoms with van der Waals surface area (Å²) in [7, 11) is 0. The molecule has 82 valence electrons. The molecule has 1 unspecified atom stereocenters. The Bertz CT molecular complexity index is 208. The highest BCUT2D eigenvalue weighted by Crippen LogP contribution is 2.17. The number of alkyl halides is 1. The van der Waals surface area contributed by atoms with Crippen molar-refractivity contribution in [2.45, 2.75) is 36.6 Å². The number of halogens is 1. The average molecular weight is 313 g/mol. The fourth-order valence-corrected chi connectivity index (χ4v) is 1.98. The molecule has 0 aliphatic carbocycles. The van der Waals surface area contributed by atoms with E-state index in [1.165, 1.54) is 6.92 Å². The Morgan fingerprint density at radius 1 is 1.64 bits per heavy atom. The Morgan fingerprint density at radius 2 is 2.29 bits per heavy atom. The van der Waals surface area contributed by atoms with Gasteiger partial charge < -0.3 is 14.7 Å². The third kappa shape index (κ3) is 3.36. The second-order valence-electron chi connectivity index (χ2n) is 3.55. The van der Waals surface area contributed by atoms with Gasteiger partial charge in [0.15, 0.2) is 0 Å². The molecule has 1 saturated heterocycles. The molecule has 0 spiro atoms. The van der Waals surface area contributed by atoms with Crippen molar-refractivity contribution in [2.24, 2.45) is 0 Å². The van der Waals surface area contributed by atoms with Gasteiger partial charge in [0.05, 0.1) is 6.10 Å². The molecule has 1 aliphatic heterocycles. The lowest BCUT2D eigenvalue weighted by Crippen LogP contribution is -2.37. The molecular weight excluding hydrogens is 297 g/mol. The van der Waals surface area contributed by atoms with E-state index in [-0.39, 0.29) is 16.1 Å². The number of aliphatic hydroxyl groups excluding tert-OH is 1. The smallest absolute Gasteiger partial charge is 0.251 e. The molecule has 1 amide bonds. The molecule has 0 aromatic heterocycles. The minimum absolute atomic E-state index is 0.129. The van der Waals surface area contributed by atoms with Crippen LogP contribution in [0.15, 0.2) is 0 Å². The molecule has 1 rings (SSSR count). The summed E-state index contributed by atoms with van der Waals surface area (Å²) < 4.78 is 5.75. The number of amides is 1. The van der Waals surface area contributed by atoms with Crippen molar-refractivity contribution in [1.29, 1.82) is 0 Å². The van der Waals surface area contributed by atoms with Crippen LogP contribution in [0.4, 0.5) is 0 Å². The molecule has 0 saturated carbocycles. The molecule has 1 fully saturated rings. The van der Waals surface area contributed by atoms with Crippen LogP contribution in [0.5, 0.6) is 0 Å². The summed E-state index contributed by atoms with van der Waals surface area (Å²) in [6, 6.07) is 0. The predicted molar refractivity (Wildman–Crippen MR) is 61.2 cm³/mol. The number of carbonyl (C=O) groups is 1. The largest absolute Gasteiger partial charge is 0.384 e. The van der Waals surface area contributed by atoms with Gasteiger partial charge in [0.1, 0.15) is 10.2 Å². The summed E-state index contributed by atoms with van der Waals surface area (Å²) in [5, 5.41) is 9.12. The van der Waals surface area contributed by atoms with Crippen molar-refractivity contribution >= 4 is 28.5 Å². The second-order valence-corrected chi connectivity index (χ2v) is 5.30. The van der Waals surface area contributed by atoms with E-state index in [9.17, 15) is 4.79 Å². The van der Waals surface area contributed by atoms with Gasteiger partial charge in [0.25, 0.3) is 5.91 Å². The Kier molecular flexibility index (Phi) is 4.59. The number of rotatable bonds is 3. The number of aliphatic hydroxyl groups is 1. The minimum Gasteiger partial charge on any atom is -0.384 e. The van der Waals surface area contributed by atoms with Crippen LogP contribution in [-0.2, 0) is 9.53 Å². The maximum Gasteiger partial charge on any atom is 0.251 e. The Hall–Kier alpha value is 0.120. The van der Waals surface area contributed by atoms with Crippen molar-refractivity contribution in [1.82, 2.24) is 4.90 Å². The molecule has 0 bridgehead atoms. The Labute approximate surface area is 97.7 Å². The van der Waals surface area contributed by atoms with Gasteiger partial charge in [-0.3, -0.25) is 4.79 Å². The fraction of sp³-hybridized carbons (Fsp3) is 0.889. The first kappa shape index (κ1) is 12.2. The summed E-state index contributed by atoms with van der Waals surface area (Å²) >= 11 is 2.19. The zero-order valence-electron chi connectivity index (χ0n) is 8.44. The lowest BCUT2D eigenvalue weighted by atomic mass is 10.3. The first-order valence-corrected chi connectivity index (χ1v) is 6.01. The van der Waals surface area contributed by atoms with Crippen LogP contribution in [0.1, 0.15) is 20.3 Å². The van der Waals surface area contributed by atoms with E-state index >= 15 is 0 Å². The standard InChI is InChI=1S/C9H16INO3/c1-6(12)9(13)11-4-3-8(5-11)14-7(2)10/h6-8,12H,3-5H2,1-2H3/t6-,7?,8-/m0/s1. The van der Waals surface area contributed by atoms with Crippen molar-refractivity contribution in [3.8, 4) is 0 Å². The van der Waals surface area contributed by atoms with E-state index in [4.69, 9.17) is 9.84 Å². The number of hydrogen-bond acceptors (Lipinski definition) is 3. The van der Waals surface area contributed by atoms with Gasteiger partial charge in [-0.25, -0.2) is 0 Å². The molecule has 1 heterocycles. The SMILES string of the molecule is CC(I)O[C@H]1CCN(C(=O)[C@H](C)O)C1. The predicted octanol–water partition coefficient (Wildman–Crippen LogP) is 0.766. The summed E-state index contributed by atoms with van der Waals surface area (Å²) in [4.78, 5) is 13.1. The van der Waals surface area contributed by atoms with Crippen molar-refractivity contribution in [3.63, 3.8) is 0 Å². The number of hydrogen-bond donors (Lipinski definition) is 1. The summed E-state index contributed by atoms with van der Waals surface area (Å²) in [6.45, 7) is 4.77. The zero-order valence-corrected chi connectivity index (χ0v) is 10.6. The molecule has 1 N–H and O–H groups in total. The fourth-order valence-electron chi connectivity index (χ4n) is 1.57. The van der Waals surface area contributed by atoms with Crippen molar-refractivity contribution < 1.29 is 14.6 Å². The maximum absolute atomic E-state index is 11.4. The Balaban J connectivity index is 2.37. The topological polar surface area (TPSA) is 49.8 Å². The van der Waals surface area contributed by atoms with Gasteiger partial charge >= 0.3 is 0 Å². The van der Waals surface area contributed by atoms with Crippen LogP contribution in [0, 0.1) is 0 Å². The van der Waals surface area contributed by atoms with Gasteiger partial charge in [0.2, 0.25) is 0 Å². The minimum atomic E-state index is -0.897. The van der Waals surface area contributed by atoms with Crippen LogP contribution >= 0.6 is 22.6 Å². The third-order valence-corrected chi connectivity index (χ3v) is 2.49. The monoisotopic (exact) mass is 313 g/mol. The van der Waals surface area contributed by atoms with E-state index in [1.54, 1.807) is 4.90 Å². The molecular formula is C9H16INO3. The van der Waals surface area contributed by atoms with Crippen molar-refractivity contribution in [3.05, 3.63) is 0 Å². The van der Waals surface area contributed by atoms with Crippen LogP contribution in [0.3, 0.4) is 0 Å². The zero-order chi connectivity index (χ0) is 10.7. The first-order valence-electron chi connectivity index (χ1n) is 4.77. The quantitative estimate of drug-likeness (QED) is 0.618. The lowest BCUT2D eigenvalue weighted by molar-refractivity contribution is -0.138. The number of nitrogens with zero attached hydrogens (tertiary/aromatic N) is 1. The summed E-state index contributed by atoms with van der Waals surface area (Å²) in [5.74, 6) is -0.197. The molecule has 4 nitrogen and oxygen atoms in total. The number of carbonyl (C=O) groups excluding carboxylic acids is 1. The van der Waals surface area contributed by atoms with E-state index < -0.39 is 6.10 Å². The average Bonchev–Trinajstić information content (AvgIpc) is 2.50. The van der Waals surface area contributed by atoms with Gasteiger partial charge in [-0.15, -0.1) is 0 Å². The van der Waals surface area contributed by atoms with E-state index in [2.05, 4.69) is 22.6 Å². The second kappa shape index (κ2) is 5.27. The van der Waals surface area contributed by atoms with E-state index in [1.807, 2.05) is 6.92 Å². The number of likely N-dealkylation sites (tertiary alicyclic amines) is 1. The van der Waals surface area contributed by atoms with E-state index in [0.29, 0.717) is 13.1 Å². The van der Waals surface area contributed by atoms with Gasteiger partial charge in [-0.2, -0.15) is 0 Å².